The Morgan fingerprint density at radius 1 is 1.77 bits per heavy atom. The van der Waals surface area contributed by atoms with Crippen molar-refractivity contribution in [2.24, 2.45) is 0 Å². The Balaban J connectivity index is 3.26. The Kier molecular flexibility index (Phi) is 1.82. The number of benzene rings is 1. The van der Waals surface area contributed by atoms with Crippen LogP contribution in [0, 0.1) is 0 Å². The summed E-state index contributed by atoms with van der Waals surface area (Å²) in [4.78, 5) is 11.3. The van der Waals surface area contributed by atoms with Crippen LogP contribution in [0.25, 0.3) is 6.05 Å². The van der Waals surface area contributed by atoms with E-state index in [0.717, 1.165) is 0 Å². The molecule has 0 saturated carbocycles. The first kappa shape index (κ1) is 4.61. The molecule has 0 atom stereocenters. The smallest absolute Gasteiger partial charge is 0.330 e. The van der Waals surface area contributed by atoms with E-state index in [2.05, 4.69) is 4.74 Å². The van der Waals surface area contributed by atoms with Crippen LogP contribution in [-0.2, 0) is 9.53 Å². The van der Waals surface area contributed by atoms with E-state index in [1.54, 1.807) is 6.92 Å². The average molecular weight is 181 g/mol. The van der Waals surface area contributed by atoms with Crippen LogP contribution in [0.3, 0.4) is 0 Å². The lowest BCUT2D eigenvalue weighted by Crippen LogP contribution is -1.98. The Hall–Kier alpha value is -1.57. The largest absolute Gasteiger partial charge is 0.463 e. The molecule has 0 aliphatic heterocycles. The number of esters is 1. The number of ether oxygens (including phenoxy) is 1. The highest BCUT2D eigenvalue weighted by Crippen LogP contribution is 2.00. The molecule has 0 N–H and O–H groups in total. The van der Waals surface area contributed by atoms with E-state index in [1.165, 1.54) is 12.1 Å². The van der Waals surface area contributed by atoms with Gasteiger partial charge in [0.05, 0.1) is 13.5 Å². The maximum Gasteiger partial charge on any atom is 0.330 e. The second-order valence-corrected chi connectivity index (χ2v) is 2.11. The number of carbonyl (C=O) groups is 1. The van der Waals surface area contributed by atoms with E-state index in [-0.39, 0.29) is 30.3 Å². The Morgan fingerprint density at radius 2 is 2.62 bits per heavy atom. The summed E-state index contributed by atoms with van der Waals surface area (Å²) >= 11 is 0. The minimum Gasteiger partial charge on any atom is -0.463 e. The molecule has 0 fully saturated rings. The summed E-state index contributed by atoms with van der Waals surface area (Å²) in [6.07, 6.45) is 0. The lowest BCUT2D eigenvalue weighted by atomic mass is 10.2. The standard InChI is InChI=1S/C11H12O2/c1-2-13-11(12)9-8-10-6-4-3-5-7-10/h3-9H,2H2,1H3/b9-8+/i3D,4D,6D,8D,9D. The summed E-state index contributed by atoms with van der Waals surface area (Å²) in [5, 5.41) is 0. The van der Waals surface area contributed by atoms with Crippen molar-refractivity contribution in [3.05, 3.63) is 41.9 Å². The van der Waals surface area contributed by atoms with Crippen LogP contribution in [0.1, 0.15) is 19.3 Å². The van der Waals surface area contributed by atoms with Crippen molar-refractivity contribution >= 4 is 12.0 Å². The van der Waals surface area contributed by atoms with Crippen LogP contribution in [0.15, 0.2) is 36.3 Å². The SMILES string of the molecule is [2H]/C(C(=O)OCC)=C(/[2H])c1ccc([2H])c([2H])c1[2H]. The zero-order valence-corrected chi connectivity index (χ0v) is 7.18. The summed E-state index contributed by atoms with van der Waals surface area (Å²) < 4.78 is 42.1. The van der Waals surface area contributed by atoms with Gasteiger partial charge in [0, 0.05) is 6.05 Å². The third-order valence-corrected chi connectivity index (χ3v) is 1.18. The molecule has 1 aromatic carbocycles. The van der Waals surface area contributed by atoms with Crippen molar-refractivity contribution in [1.29, 1.82) is 0 Å². The van der Waals surface area contributed by atoms with Gasteiger partial charge in [-0.2, -0.15) is 0 Å². The predicted molar refractivity (Wildman–Crippen MR) is 52.1 cm³/mol. The van der Waals surface area contributed by atoms with Crippen molar-refractivity contribution < 1.29 is 16.4 Å². The topological polar surface area (TPSA) is 26.3 Å². The highest BCUT2D eigenvalue weighted by atomic mass is 16.5. The Bertz CT molecular complexity index is 510. The van der Waals surface area contributed by atoms with Crippen LogP contribution in [0.5, 0.6) is 0 Å². The van der Waals surface area contributed by atoms with Gasteiger partial charge in [-0.05, 0) is 18.5 Å². The summed E-state index contributed by atoms with van der Waals surface area (Å²) in [5.74, 6) is -0.941. The average Bonchev–Trinajstić information content (AvgIpc) is 2.35. The monoisotopic (exact) mass is 181 g/mol. The molecule has 0 aromatic heterocycles. The summed E-state index contributed by atoms with van der Waals surface area (Å²) in [5.41, 5.74) is -0.0333. The third-order valence-electron chi connectivity index (χ3n) is 1.18. The van der Waals surface area contributed by atoms with Gasteiger partial charge in [-0.1, -0.05) is 30.3 Å². The Morgan fingerprint density at radius 3 is 3.38 bits per heavy atom. The van der Waals surface area contributed by atoms with E-state index in [0.29, 0.717) is 0 Å². The zero-order chi connectivity index (χ0) is 13.9. The fourth-order valence-corrected chi connectivity index (χ4v) is 0.670. The zero-order valence-electron chi connectivity index (χ0n) is 12.2. The van der Waals surface area contributed by atoms with Gasteiger partial charge in [-0.3, -0.25) is 0 Å². The second-order valence-electron chi connectivity index (χ2n) is 2.11. The molecule has 0 spiro atoms. The number of hydrogen-bond acceptors (Lipinski definition) is 2. The van der Waals surface area contributed by atoms with E-state index < -0.39 is 18.1 Å². The lowest BCUT2D eigenvalue weighted by molar-refractivity contribution is -0.137. The highest BCUT2D eigenvalue weighted by Gasteiger charge is 1.92. The molecular weight excluding hydrogens is 164 g/mol. The maximum atomic E-state index is 11.3. The van der Waals surface area contributed by atoms with E-state index in [1.807, 2.05) is 0 Å². The van der Waals surface area contributed by atoms with Crippen molar-refractivity contribution in [3.8, 4) is 0 Å². The summed E-state index contributed by atoms with van der Waals surface area (Å²) in [6.45, 7) is 1.68. The molecule has 0 bridgehead atoms. The van der Waals surface area contributed by atoms with Crippen LogP contribution in [0.2, 0.25) is 0 Å². The fourth-order valence-electron chi connectivity index (χ4n) is 0.670. The molecule has 0 aliphatic carbocycles. The minimum atomic E-state index is -0.941. The summed E-state index contributed by atoms with van der Waals surface area (Å²) in [7, 11) is 0. The lowest BCUT2D eigenvalue weighted by Gasteiger charge is -1.94. The quantitative estimate of drug-likeness (QED) is 0.528. The van der Waals surface area contributed by atoms with Crippen molar-refractivity contribution in [2.75, 3.05) is 6.61 Å². The number of rotatable bonds is 3. The maximum absolute atomic E-state index is 11.3. The van der Waals surface area contributed by atoms with E-state index in [9.17, 15) is 4.79 Å². The molecule has 0 radical (unpaired) electrons. The van der Waals surface area contributed by atoms with Crippen LogP contribution in [-0.4, -0.2) is 12.6 Å². The molecule has 2 heteroatoms. The molecule has 68 valence electrons. The first-order chi connectivity index (χ1) is 8.40. The van der Waals surface area contributed by atoms with Gasteiger partial charge in [0.1, 0.15) is 0 Å². The van der Waals surface area contributed by atoms with Crippen molar-refractivity contribution in [2.45, 2.75) is 6.92 Å². The first-order valence-electron chi connectivity index (χ1n) is 6.31. The van der Waals surface area contributed by atoms with Crippen molar-refractivity contribution in [3.63, 3.8) is 0 Å². The number of carbonyl (C=O) groups excluding carboxylic acids is 1. The van der Waals surface area contributed by atoms with Gasteiger partial charge in [0.25, 0.3) is 0 Å². The van der Waals surface area contributed by atoms with Gasteiger partial charge in [-0.15, -0.1) is 0 Å². The predicted octanol–water partition coefficient (Wildman–Crippen LogP) is 2.26. The number of hydrogen-bond donors (Lipinski definition) is 0. The molecule has 2 nitrogen and oxygen atoms in total. The van der Waals surface area contributed by atoms with Gasteiger partial charge in [0.15, 0.2) is 0 Å². The van der Waals surface area contributed by atoms with Crippen LogP contribution < -0.4 is 0 Å². The second kappa shape index (κ2) is 5.14. The summed E-state index contributed by atoms with van der Waals surface area (Å²) in [6, 6.07) is 0.561. The van der Waals surface area contributed by atoms with Crippen molar-refractivity contribution in [1.82, 2.24) is 0 Å². The van der Waals surface area contributed by atoms with E-state index in [4.69, 9.17) is 6.85 Å². The molecule has 0 aliphatic rings. The molecule has 1 aromatic rings. The third kappa shape index (κ3) is 3.56. The molecular formula is C11H12O2. The van der Waals surface area contributed by atoms with Gasteiger partial charge >= 0.3 is 5.97 Å². The molecule has 0 saturated heterocycles. The molecule has 0 amide bonds. The fraction of sp³-hybridized carbons (Fsp3) is 0.182. The molecule has 0 heterocycles. The Labute approximate surface area is 84.9 Å². The van der Waals surface area contributed by atoms with Crippen LogP contribution in [0.4, 0.5) is 0 Å². The highest BCUT2D eigenvalue weighted by molar-refractivity contribution is 5.86. The molecule has 1 rings (SSSR count). The first-order valence-corrected chi connectivity index (χ1v) is 3.81. The molecule has 13 heavy (non-hydrogen) atoms. The normalized spacial score (nSPS) is 17.2. The molecule has 0 unspecified atom stereocenters. The van der Waals surface area contributed by atoms with Gasteiger partial charge < -0.3 is 4.74 Å². The van der Waals surface area contributed by atoms with E-state index >= 15 is 0 Å². The van der Waals surface area contributed by atoms with Gasteiger partial charge in [-0.25, -0.2) is 4.79 Å². The minimum absolute atomic E-state index is 0.0333. The van der Waals surface area contributed by atoms with Gasteiger partial charge in [0.2, 0.25) is 0 Å². The van der Waals surface area contributed by atoms with Crippen LogP contribution >= 0.6 is 0 Å².